The van der Waals surface area contributed by atoms with Crippen LogP contribution < -0.4 is 14.8 Å². The molecule has 0 saturated carbocycles. The van der Waals surface area contributed by atoms with E-state index in [0.29, 0.717) is 30.0 Å². The summed E-state index contributed by atoms with van der Waals surface area (Å²) in [7, 11) is 5.31. The predicted octanol–water partition coefficient (Wildman–Crippen LogP) is 4.32. The molecule has 0 radical (unpaired) electrons. The number of carboxylic acids is 1. The average Bonchev–Trinajstić information content (AvgIpc) is 2.86. The Bertz CT molecular complexity index is 1450. The maximum Gasteiger partial charge on any atom is 0.338 e. The van der Waals surface area contributed by atoms with Crippen LogP contribution in [0.5, 0.6) is 0 Å². The molecule has 1 N–H and O–H groups in total. The number of carboxylic acid groups (broad SMARTS) is 1. The highest BCUT2D eigenvalue weighted by Gasteiger charge is 2.23. The molecule has 2 aliphatic rings. The lowest BCUT2D eigenvalue weighted by Gasteiger charge is -2.23. The van der Waals surface area contributed by atoms with Gasteiger partial charge in [0.05, 0.1) is 25.2 Å². The minimum Gasteiger partial charge on any atom is -0.481 e. The van der Waals surface area contributed by atoms with Gasteiger partial charge in [0.2, 0.25) is 5.36 Å². The number of nitrogens with zero attached hydrogens (tertiary/aromatic N) is 2. The first-order valence-electron chi connectivity index (χ1n) is 11.5. The molecule has 4 rings (SSSR count). The third-order valence-electron chi connectivity index (χ3n) is 6.15. The highest BCUT2D eigenvalue weighted by atomic mass is 16.5. The lowest BCUT2D eigenvalue weighted by molar-refractivity contribution is -0.136. The van der Waals surface area contributed by atoms with E-state index in [0.717, 1.165) is 33.1 Å². The molecule has 2 aromatic carbocycles. The maximum atomic E-state index is 12.6. The fraction of sp³-hybridized carbons (Fsp3) is 0.250. The third-order valence-corrected chi connectivity index (χ3v) is 6.15. The molecule has 0 fully saturated rings. The minimum atomic E-state index is -0.835. The second-order valence-electron chi connectivity index (χ2n) is 8.49. The van der Waals surface area contributed by atoms with E-state index in [1.165, 1.54) is 7.11 Å². The van der Waals surface area contributed by atoms with Crippen molar-refractivity contribution in [1.82, 2.24) is 4.58 Å². The van der Waals surface area contributed by atoms with E-state index >= 15 is 0 Å². The highest BCUT2D eigenvalue weighted by molar-refractivity contribution is 6.08. The lowest BCUT2D eigenvalue weighted by Crippen LogP contribution is -2.25. The van der Waals surface area contributed by atoms with Crippen molar-refractivity contribution in [3.05, 3.63) is 71.6 Å². The van der Waals surface area contributed by atoms with Crippen LogP contribution in [-0.2, 0) is 9.53 Å². The molecule has 7 nitrogen and oxygen atoms in total. The summed E-state index contributed by atoms with van der Waals surface area (Å²) in [6.07, 6.45) is 0.0463. The second kappa shape index (κ2) is 10.0. The SMILES string of the molecule is CCN(CCC(=O)O)c1ccc2c(-c3ccccc3C(=O)OC)c3ccc(=[N+](C)C)cc-3oc2c1. The van der Waals surface area contributed by atoms with Crippen LogP contribution in [0.1, 0.15) is 23.7 Å². The van der Waals surface area contributed by atoms with Crippen LogP contribution in [0.3, 0.4) is 0 Å². The Morgan fingerprint density at radius 1 is 1.03 bits per heavy atom. The molecule has 0 aromatic heterocycles. The minimum absolute atomic E-state index is 0.0463. The Morgan fingerprint density at radius 3 is 2.49 bits per heavy atom. The zero-order chi connectivity index (χ0) is 25.1. The van der Waals surface area contributed by atoms with Gasteiger partial charge in [-0.05, 0) is 36.8 Å². The lowest BCUT2D eigenvalue weighted by atomic mass is 9.90. The van der Waals surface area contributed by atoms with E-state index in [1.807, 2.05) is 85.1 Å². The molecule has 1 aliphatic heterocycles. The monoisotopic (exact) mass is 473 g/mol. The van der Waals surface area contributed by atoms with Crippen molar-refractivity contribution in [2.24, 2.45) is 0 Å². The fourth-order valence-corrected chi connectivity index (χ4v) is 4.32. The van der Waals surface area contributed by atoms with Gasteiger partial charge >= 0.3 is 11.9 Å². The van der Waals surface area contributed by atoms with E-state index in [9.17, 15) is 9.59 Å². The number of benzene rings is 3. The summed E-state index contributed by atoms with van der Waals surface area (Å²) in [5.74, 6) is -0.558. The first kappa shape index (κ1) is 24.0. The van der Waals surface area contributed by atoms with Crippen molar-refractivity contribution < 1.29 is 23.8 Å². The number of aliphatic carboxylic acids is 1. The molecule has 7 heteroatoms. The van der Waals surface area contributed by atoms with E-state index in [4.69, 9.17) is 14.3 Å². The van der Waals surface area contributed by atoms with Crippen LogP contribution in [-0.4, -0.2) is 51.3 Å². The largest absolute Gasteiger partial charge is 0.481 e. The Balaban J connectivity index is 2.03. The Morgan fingerprint density at radius 2 is 1.80 bits per heavy atom. The second-order valence-corrected chi connectivity index (χ2v) is 8.49. The number of anilines is 1. The molecule has 0 unspecified atom stereocenters. The zero-order valence-electron chi connectivity index (χ0n) is 20.4. The number of methoxy groups -OCH3 is 1. The third kappa shape index (κ3) is 4.75. The van der Waals surface area contributed by atoms with Crippen molar-refractivity contribution >= 4 is 28.6 Å². The summed E-state index contributed by atoms with van der Waals surface area (Å²) in [4.78, 5) is 25.8. The van der Waals surface area contributed by atoms with E-state index in [1.54, 1.807) is 6.07 Å². The van der Waals surface area contributed by atoms with Gasteiger partial charge in [0.15, 0.2) is 0 Å². The maximum absolute atomic E-state index is 12.6. The van der Waals surface area contributed by atoms with Gasteiger partial charge in [0.25, 0.3) is 0 Å². The van der Waals surface area contributed by atoms with Crippen LogP contribution in [0, 0.1) is 0 Å². The topological polar surface area (TPSA) is 83.0 Å². The molecular weight excluding hydrogens is 444 g/mol. The molecule has 0 saturated heterocycles. The van der Waals surface area contributed by atoms with Crippen LogP contribution in [0.15, 0.2) is 65.1 Å². The molecule has 180 valence electrons. The quantitative estimate of drug-likeness (QED) is 0.245. The van der Waals surface area contributed by atoms with Crippen LogP contribution in [0.4, 0.5) is 5.69 Å². The number of hydrogen-bond acceptors (Lipinski definition) is 5. The van der Waals surface area contributed by atoms with Gasteiger partial charge in [-0.25, -0.2) is 9.37 Å². The number of carbonyl (C=O) groups excluding carboxylic acids is 1. The molecule has 1 aliphatic carbocycles. The Labute approximate surface area is 203 Å². The summed E-state index contributed by atoms with van der Waals surface area (Å²) in [5, 5.41) is 11.0. The van der Waals surface area contributed by atoms with Gasteiger partial charge in [-0.15, -0.1) is 0 Å². The number of rotatable bonds is 7. The smallest absolute Gasteiger partial charge is 0.338 e. The number of esters is 1. The molecule has 0 atom stereocenters. The van der Waals surface area contributed by atoms with E-state index < -0.39 is 11.9 Å². The summed E-state index contributed by atoms with van der Waals surface area (Å²) < 4.78 is 13.5. The van der Waals surface area contributed by atoms with Crippen LogP contribution in [0.25, 0.3) is 33.4 Å². The first-order chi connectivity index (χ1) is 16.8. The average molecular weight is 474 g/mol. The van der Waals surface area contributed by atoms with Crippen molar-refractivity contribution in [3.8, 4) is 22.5 Å². The first-order valence-corrected chi connectivity index (χ1v) is 11.5. The molecule has 2 aromatic rings. The molecule has 0 bridgehead atoms. The standard InChI is InChI=1S/C28H28N2O5/c1-5-30(15-14-26(31)32)19-11-13-23-25(17-19)35-24-16-18(29(2)3)10-12-22(24)27(23)20-8-6-7-9-21(20)28(33)34-4/h6-13,16-17H,5,14-15H2,1-4H3/p+1. The number of carbonyl (C=O) groups is 2. The van der Waals surface area contributed by atoms with Crippen molar-refractivity contribution in [2.75, 3.05) is 39.2 Å². The van der Waals surface area contributed by atoms with Gasteiger partial charge < -0.3 is 19.2 Å². The van der Waals surface area contributed by atoms with Gasteiger partial charge in [-0.1, -0.05) is 18.2 Å². The number of hydrogen-bond donors (Lipinski definition) is 1. The zero-order valence-corrected chi connectivity index (χ0v) is 20.4. The van der Waals surface area contributed by atoms with E-state index in [-0.39, 0.29) is 6.42 Å². The Hall–Kier alpha value is -4.13. The molecular formula is C28H29N2O5+. The summed E-state index contributed by atoms with van der Waals surface area (Å²) >= 11 is 0. The van der Waals surface area contributed by atoms with Crippen molar-refractivity contribution in [3.63, 3.8) is 0 Å². The van der Waals surface area contributed by atoms with Crippen LogP contribution >= 0.6 is 0 Å². The van der Waals surface area contributed by atoms with Gasteiger partial charge in [-0.3, -0.25) is 4.79 Å². The number of fused-ring (bicyclic) bond motifs is 2. The molecule has 1 heterocycles. The van der Waals surface area contributed by atoms with Crippen LogP contribution in [0.2, 0.25) is 0 Å². The van der Waals surface area contributed by atoms with Gasteiger partial charge in [0.1, 0.15) is 25.4 Å². The highest BCUT2D eigenvalue weighted by Crippen LogP contribution is 2.42. The van der Waals surface area contributed by atoms with Crippen molar-refractivity contribution in [2.45, 2.75) is 13.3 Å². The summed E-state index contributed by atoms with van der Waals surface area (Å²) in [6, 6.07) is 19.3. The molecule has 0 spiro atoms. The fourth-order valence-electron chi connectivity index (χ4n) is 4.32. The van der Waals surface area contributed by atoms with Gasteiger partial charge in [0, 0.05) is 47.4 Å². The molecule has 35 heavy (non-hydrogen) atoms. The predicted molar refractivity (Wildman–Crippen MR) is 137 cm³/mol. The summed E-state index contributed by atoms with van der Waals surface area (Å²) in [6.45, 7) is 3.05. The Kier molecular flexibility index (Phi) is 6.87. The van der Waals surface area contributed by atoms with E-state index in [2.05, 4.69) is 0 Å². The summed E-state index contributed by atoms with van der Waals surface area (Å²) in [5.41, 5.74) is 4.52. The normalized spacial score (nSPS) is 11.0. The molecule has 0 amide bonds. The number of ether oxygens (including phenoxy) is 1. The van der Waals surface area contributed by atoms with Crippen molar-refractivity contribution in [1.29, 1.82) is 0 Å². The van der Waals surface area contributed by atoms with Gasteiger partial charge in [-0.2, -0.15) is 0 Å².